The number of nitrogens with zero attached hydrogens (tertiary/aromatic N) is 1. The lowest BCUT2D eigenvalue weighted by Gasteiger charge is -2.38. The van der Waals surface area contributed by atoms with E-state index in [0.29, 0.717) is 12.3 Å². The molecule has 0 aromatic rings. The van der Waals surface area contributed by atoms with Crippen molar-refractivity contribution in [1.29, 1.82) is 0 Å². The highest BCUT2D eigenvalue weighted by atomic mass is 32.2. The van der Waals surface area contributed by atoms with Crippen LogP contribution in [0.1, 0.15) is 33.6 Å². The van der Waals surface area contributed by atoms with Crippen LogP contribution in [0.5, 0.6) is 0 Å². The van der Waals surface area contributed by atoms with Gasteiger partial charge in [-0.15, -0.1) is 0 Å². The monoisotopic (exact) mass is 349 g/mol. The summed E-state index contributed by atoms with van der Waals surface area (Å²) in [6.07, 6.45) is 1.68. The summed E-state index contributed by atoms with van der Waals surface area (Å²) in [5, 5.41) is 0. The van der Waals surface area contributed by atoms with Crippen molar-refractivity contribution in [2.45, 2.75) is 45.3 Å². The Morgan fingerprint density at radius 1 is 1.36 bits per heavy atom. The van der Waals surface area contributed by atoms with Crippen LogP contribution in [0.2, 0.25) is 0 Å². The predicted octanol–water partition coefficient (Wildman–Crippen LogP) is 1.57. The quantitative estimate of drug-likeness (QED) is 0.721. The first-order chi connectivity index (χ1) is 10.2. The van der Waals surface area contributed by atoms with Gasteiger partial charge in [-0.25, -0.2) is 8.42 Å². The van der Waals surface area contributed by atoms with E-state index in [1.54, 1.807) is 11.8 Å². The summed E-state index contributed by atoms with van der Waals surface area (Å²) < 4.78 is 29.1. The number of sulfone groups is 1. The molecule has 2 aliphatic rings. The van der Waals surface area contributed by atoms with Gasteiger partial charge < -0.3 is 4.74 Å². The largest absolute Gasteiger partial charge is 0.459 e. The van der Waals surface area contributed by atoms with Gasteiger partial charge in [-0.05, 0) is 39.5 Å². The second-order valence-electron chi connectivity index (χ2n) is 7.24. The molecule has 0 saturated carbocycles. The maximum atomic E-state index is 12.4. The highest BCUT2D eigenvalue weighted by molar-refractivity contribution is 7.99. The molecule has 0 N–H and O–H groups in total. The molecule has 0 unspecified atom stereocenters. The van der Waals surface area contributed by atoms with Crippen LogP contribution < -0.4 is 0 Å². The molecule has 128 valence electrons. The minimum Gasteiger partial charge on any atom is -0.459 e. The molecule has 0 aliphatic carbocycles. The molecule has 2 fully saturated rings. The summed E-state index contributed by atoms with van der Waals surface area (Å²) in [6.45, 7) is 7.13. The Kier molecular flexibility index (Phi) is 5.83. The van der Waals surface area contributed by atoms with Crippen molar-refractivity contribution < 1.29 is 17.9 Å². The van der Waals surface area contributed by atoms with Crippen molar-refractivity contribution in [3.63, 3.8) is 0 Å². The van der Waals surface area contributed by atoms with Crippen LogP contribution in [-0.2, 0) is 19.4 Å². The fourth-order valence-electron chi connectivity index (χ4n) is 3.04. The average molecular weight is 350 g/mol. The molecule has 2 atom stereocenters. The maximum Gasteiger partial charge on any atom is 0.324 e. The van der Waals surface area contributed by atoms with E-state index >= 15 is 0 Å². The summed E-state index contributed by atoms with van der Waals surface area (Å²) in [7, 11) is -2.90. The molecule has 0 bridgehead atoms. The number of ether oxygens (including phenoxy) is 1. The van der Waals surface area contributed by atoms with Gasteiger partial charge in [-0.3, -0.25) is 9.69 Å². The number of hydrogen-bond donors (Lipinski definition) is 0. The predicted molar refractivity (Wildman–Crippen MR) is 89.9 cm³/mol. The standard InChI is InChI=1S/C15H27NO4S2/c1-15(2,3)20-14(17)13-10-21-7-6-16(13)9-12-5-4-8-22(18,19)11-12/h12-13H,4-11H2,1-3H3/t12-,13-/m1/s1. The second kappa shape index (κ2) is 7.09. The molecule has 2 rings (SSSR count). The summed E-state index contributed by atoms with van der Waals surface area (Å²) in [6, 6.07) is -0.248. The lowest BCUT2D eigenvalue weighted by Crippen LogP contribution is -2.51. The van der Waals surface area contributed by atoms with Crippen LogP contribution in [0.25, 0.3) is 0 Å². The van der Waals surface area contributed by atoms with Gasteiger partial charge >= 0.3 is 5.97 Å². The summed E-state index contributed by atoms with van der Waals surface area (Å²) in [4.78, 5) is 14.5. The van der Waals surface area contributed by atoms with E-state index in [-0.39, 0.29) is 23.7 Å². The first-order valence-corrected chi connectivity index (χ1v) is 10.9. The van der Waals surface area contributed by atoms with E-state index < -0.39 is 15.4 Å². The normalized spacial score (nSPS) is 30.0. The average Bonchev–Trinajstić information content (AvgIpc) is 2.36. The molecule has 0 aromatic heterocycles. The number of rotatable bonds is 3. The van der Waals surface area contributed by atoms with Crippen molar-refractivity contribution in [3.8, 4) is 0 Å². The number of carbonyl (C=O) groups is 1. The zero-order valence-electron chi connectivity index (χ0n) is 13.7. The van der Waals surface area contributed by atoms with Crippen molar-refractivity contribution >= 4 is 27.6 Å². The van der Waals surface area contributed by atoms with Gasteiger partial charge in [0.15, 0.2) is 9.84 Å². The number of thioether (sulfide) groups is 1. The van der Waals surface area contributed by atoms with Gasteiger partial charge in [-0.2, -0.15) is 11.8 Å². The Labute approximate surface area is 138 Å². The molecule has 0 aromatic carbocycles. The minimum absolute atomic E-state index is 0.145. The molecule has 5 nitrogen and oxygen atoms in total. The first kappa shape index (κ1) is 18.1. The maximum absolute atomic E-state index is 12.4. The molecule has 2 heterocycles. The fourth-order valence-corrected chi connectivity index (χ4v) is 5.90. The molecule has 2 saturated heterocycles. The zero-order valence-corrected chi connectivity index (χ0v) is 15.3. The highest BCUT2D eigenvalue weighted by Crippen LogP contribution is 2.25. The van der Waals surface area contributed by atoms with Gasteiger partial charge in [0.25, 0.3) is 0 Å². The summed E-state index contributed by atoms with van der Waals surface area (Å²) in [5.74, 6) is 2.25. The van der Waals surface area contributed by atoms with E-state index in [1.807, 2.05) is 20.8 Å². The fraction of sp³-hybridized carbons (Fsp3) is 0.933. The Bertz CT molecular complexity index is 498. The molecule has 7 heteroatoms. The topological polar surface area (TPSA) is 63.7 Å². The molecular weight excluding hydrogens is 322 g/mol. The molecular formula is C15H27NO4S2. The lowest BCUT2D eigenvalue weighted by molar-refractivity contribution is -0.160. The van der Waals surface area contributed by atoms with Crippen LogP contribution in [-0.4, -0.2) is 67.0 Å². The van der Waals surface area contributed by atoms with E-state index in [9.17, 15) is 13.2 Å². The van der Waals surface area contributed by atoms with Crippen LogP contribution in [0.4, 0.5) is 0 Å². The Morgan fingerprint density at radius 2 is 2.09 bits per heavy atom. The van der Waals surface area contributed by atoms with Gasteiger partial charge in [0, 0.05) is 24.6 Å². The van der Waals surface area contributed by atoms with Gasteiger partial charge in [0.2, 0.25) is 0 Å². The zero-order chi connectivity index (χ0) is 16.4. The van der Waals surface area contributed by atoms with Crippen LogP contribution in [0.3, 0.4) is 0 Å². The molecule has 0 amide bonds. The van der Waals surface area contributed by atoms with Crippen molar-refractivity contribution in [2.75, 3.05) is 36.1 Å². The van der Waals surface area contributed by atoms with Crippen LogP contribution in [0.15, 0.2) is 0 Å². The highest BCUT2D eigenvalue weighted by Gasteiger charge is 2.35. The van der Waals surface area contributed by atoms with Gasteiger partial charge in [0.1, 0.15) is 11.6 Å². The van der Waals surface area contributed by atoms with E-state index in [2.05, 4.69) is 4.90 Å². The van der Waals surface area contributed by atoms with Gasteiger partial charge in [-0.1, -0.05) is 0 Å². The third-order valence-corrected chi connectivity index (χ3v) is 6.88. The summed E-state index contributed by atoms with van der Waals surface area (Å²) >= 11 is 1.76. The van der Waals surface area contributed by atoms with Crippen LogP contribution in [0, 0.1) is 5.92 Å². The third-order valence-electron chi connectivity index (χ3n) is 3.97. The smallest absolute Gasteiger partial charge is 0.324 e. The molecule has 2 aliphatic heterocycles. The lowest BCUT2D eigenvalue weighted by atomic mass is 10.0. The third kappa shape index (κ3) is 5.42. The van der Waals surface area contributed by atoms with Crippen molar-refractivity contribution in [3.05, 3.63) is 0 Å². The summed E-state index contributed by atoms with van der Waals surface area (Å²) in [5.41, 5.74) is -0.487. The molecule has 22 heavy (non-hydrogen) atoms. The molecule has 0 spiro atoms. The van der Waals surface area contributed by atoms with Crippen LogP contribution >= 0.6 is 11.8 Å². The van der Waals surface area contributed by atoms with E-state index in [0.717, 1.165) is 30.9 Å². The number of hydrogen-bond acceptors (Lipinski definition) is 6. The Balaban J connectivity index is 1.99. The van der Waals surface area contributed by atoms with Crippen molar-refractivity contribution in [2.24, 2.45) is 5.92 Å². The number of esters is 1. The van der Waals surface area contributed by atoms with E-state index in [1.165, 1.54) is 0 Å². The van der Waals surface area contributed by atoms with E-state index in [4.69, 9.17) is 4.74 Å². The van der Waals surface area contributed by atoms with Crippen molar-refractivity contribution in [1.82, 2.24) is 4.90 Å². The molecule has 0 radical (unpaired) electrons. The Morgan fingerprint density at radius 3 is 2.73 bits per heavy atom. The van der Waals surface area contributed by atoms with Gasteiger partial charge in [0.05, 0.1) is 11.5 Å². The minimum atomic E-state index is -2.90. The Hall–Kier alpha value is -0.270. The SMILES string of the molecule is CC(C)(C)OC(=O)[C@H]1CSCCN1C[C@H]1CCCS(=O)(=O)C1. The second-order valence-corrected chi connectivity index (χ2v) is 10.6. The number of carbonyl (C=O) groups excluding carboxylic acids is 1. The first-order valence-electron chi connectivity index (χ1n) is 7.91.